The second-order valence-electron chi connectivity index (χ2n) is 8.00. The first-order valence-electron chi connectivity index (χ1n) is 10.2. The largest absolute Gasteiger partial charge is 0.487 e. The number of amides is 1. The number of fused-ring (bicyclic) bond motifs is 3. The number of nitrogens with one attached hydrogen (secondary N) is 2. The van der Waals surface area contributed by atoms with Crippen LogP contribution in [0.15, 0.2) is 48.5 Å². The zero-order chi connectivity index (χ0) is 22.0. The van der Waals surface area contributed by atoms with Gasteiger partial charge in [0.2, 0.25) is 15.9 Å². The van der Waals surface area contributed by atoms with E-state index in [4.69, 9.17) is 9.47 Å². The average Bonchev–Trinajstić information content (AvgIpc) is 3.09. The molecule has 8 nitrogen and oxygen atoms in total. The van der Waals surface area contributed by atoms with Gasteiger partial charge in [-0.3, -0.25) is 9.52 Å². The monoisotopic (exact) mass is 446 g/mol. The van der Waals surface area contributed by atoms with E-state index in [-0.39, 0.29) is 37.1 Å². The summed E-state index contributed by atoms with van der Waals surface area (Å²) < 4.78 is 37.6. The van der Waals surface area contributed by atoms with Gasteiger partial charge in [-0.25, -0.2) is 8.42 Å². The smallest absolute Gasteiger partial charge is 0.229 e. The van der Waals surface area contributed by atoms with Gasteiger partial charge < -0.3 is 19.9 Å². The minimum Gasteiger partial charge on any atom is -0.487 e. The summed E-state index contributed by atoms with van der Waals surface area (Å²) in [4.78, 5) is 12.5. The Kier molecular flexibility index (Phi) is 6.17. The van der Waals surface area contributed by atoms with Crippen LogP contribution < -0.4 is 14.8 Å². The number of aliphatic hydroxyl groups excluding tert-OH is 1. The van der Waals surface area contributed by atoms with Crippen LogP contribution in [0.4, 0.5) is 5.69 Å². The first-order valence-corrected chi connectivity index (χ1v) is 12.1. The highest BCUT2D eigenvalue weighted by atomic mass is 32.2. The van der Waals surface area contributed by atoms with Crippen LogP contribution >= 0.6 is 0 Å². The average molecular weight is 447 g/mol. The molecule has 0 bridgehead atoms. The van der Waals surface area contributed by atoms with Crippen molar-refractivity contribution in [3.05, 3.63) is 59.7 Å². The Bertz CT molecular complexity index is 1040. The van der Waals surface area contributed by atoms with E-state index in [0.717, 1.165) is 17.4 Å². The molecule has 31 heavy (non-hydrogen) atoms. The van der Waals surface area contributed by atoms with Crippen molar-refractivity contribution in [3.63, 3.8) is 0 Å². The molecule has 0 spiro atoms. The summed E-state index contributed by atoms with van der Waals surface area (Å²) in [5.41, 5.74) is 2.32. The molecule has 1 saturated heterocycles. The molecule has 3 N–H and O–H groups in total. The number of rotatable bonds is 7. The number of carbonyl (C=O) groups is 1. The zero-order valence-corrected chi connectivity index (χ0v) is 18.0. The molecule has 2 aromatic rings. The summed E-state index contributed by atoms with van der Waals surface area (Å²) in [6, 6.07) is 14.8. The molecular weight excluding hydrogens is 420 g/mol. The molecule has 2 heterocycles. The molecule has 0 radical (unpaired) electrons. The van der Waals surface area contributed by atoms with Gasteiger partial charge in [-0.2, -0.15) is 0 Å². The fourth-order valence-corrected chi connectivity index (χ4v) is 4.80. The predicted molar refractivity (Wildman–Crippen MR) is 115 cm³/mol. The lowest BCUT2D eigenvalue weighted by Crippen LogP contribution is -2.47. The van der Waals surface area contributed by atoms with E-state index in [9.17, 15) is 18.3 Å². The third kappa shape index (κ3) is 5.17. The van der Waals surface area contributed by atoms with Gasteiger partial charge in [0.15, 0.2) is 0 Å². The van der Waals surface area contributed by atoms with Crippen LogP contribution in [0.2, 0.25) is 0 Å². The van der Waals surface area contributed by atoms with Crippen molar-refractivity contribution in [1.82, 2.24) is 5.32 Å². The summed E-state index contributed by atoms with van der Waals surface area (Å²) in [5, 5.41) is 12.7. The number of sulfonamides is 1. The van der Waals surface area contributed by atoms with Gasteiger partial charge in [0, 0.05) is 23.7 Å². The first-order chi connectivity index (χ1) is 14.8. The number of aliphatic hydroxyl groups is 1. The van der Waals surface area contributed by atoms with Crippen molar-refractivity contribution >= 4 is 21.6 Å². The van der Waals surface area contributed by atoms with Gasteiger partial charge in [-0.1, -0.05) is 30.3 Å². The second-order valence-corrected chi connectivity index (χ2v) is 9.75. The SMILES string of the molecule is CS(=O)(=O)Nc1ccc2c(c1)[C@@H]1C[C@@H](CC(=O)NCc3ccccc3)O[C@@H](CO)[C@@H]1O2. The predicted octanol–water partition coefficient (Wildman–Crippen LogP) is 1.76. The van der Waals surface area contributed by atoms with Gasteiger partial charge in [-0.05, 0) is 30.2 Å². The van der Waals surface area contributed by atoms with Crippen molar-refractivity contribution in [2.75, 3.05) is 17.6 Å². The third-order valence-electron chi connectivity index (χ3n) is 5.55. The van der Waals surface area contributed by atoms with Crippen LogP contribution in [-0.4, -0.2) is 50.6 Å². The summed E-state index contributed by atoms with van der Waals surface area (Å²) in [6.07, 6.45) is 0.481. The fourth-order valence-electron chi connectivity index (χ4n) is 4.24. The molecule has 1 fully saturated rings. The van der Waals surface area contributed by atoms with Gasteiger partial charge >= 0.3 is 0 Å². The molecule has 0 aromatic heterocycles. The zero-order valence-electron chi connectivity index (χ0n) is 17.2. The maximum atomic E-state index is 12.5. The summed E-state index contributed by atoms with van der Waals surface area (Å²) in [5.74, 6) is 0.412. The van der Waals surface area contributed by atoms with Crippen LogP contribution in [0, 0.1) is 0 Å². The minimum atomic E-state index is -3.40. The van der Waals surface area contributed by atoms with Crippen LogP contribution in [0.1, 0.15) is 29.9 Å². The number of hydrogen-bond acceptors (Lipinski definition) is 6. The highest BCUT2D eigenvalue weighted by Crippen LogP contribution is 2.47. The number of benzene rings is 2. The van der Waals surface area contributed by atoms with Crippen LogP contribution in [-0.2, 0) is 26.1 Å². The molecule has 4 atom stereocenters. The molecule has 166 valence electrons. The highest BCUT2D eigenvalue weighted by Gasteiger charge is 2.46. The van der Waals surface area contributed by atoms with Crippen LogP contribution in [0.3, 0.4) is 0 Å². The van der Waals surface area contributed by atoms with Gasteiger partial charge in [-0.15, -0.1) is 0 Å². The van der Waals surface area contributed by atoms with Crippen LogP contribution in [0.25, 0.3) is 0 Å². The topological polar surface area (TPSA) is 114 Å². The molecule has 2 aliphatic heterocycles. The van der Waals surface area contributed by atoms with E-state index < -0.39 is 16.1 Å². The molecule has 4 rings (SSSR count). The Hall–Kier alpha value is -2.62. The Morgan fingerprint density at radius 3 is 2.68 bits per heavy atom. The Morgan fingerprint density at radius 2 is 1.97 bits per heavy atom. The molecular formula is C22H26N2O6S. The molecule has 0 unspecified atom stereocenters. The first kappa shape index (κ1) is 21.6. The molecule has 1 amide bonds. The number of anilines is 1. The summed E-state index contributed by atoms with van der Waals surface area (Å²) in [7, 11) is -3.40. The van der Waals surface area contributed by atoms with Crippen molar-refractivity contribution in [2.45, 2.75) is 43.6 Å². The quantitative estimate of drug-likeness (QED) is 0.597. The Morgan fingerprint density at radius 1 is 1.19 bits per heavy atom. The normalized spacial score (nSPS) is 24.6. The lowest BCUT2D eigenvalue weighted by Gasteiger charge is -2.37. The van der Waals surface area contributed by atoms with Crippen LogP contribution in [0.5, 0.6) is 5.75 Å². The van der Waals surface area contributed by atoms with Crippen molar-refractivity contribution < 1.29 is 27.8 Å². The number of carbonyl (C=O) groups excluding carboxylic acids is 1. The Labute approximate surface area is 181 Å². The third-order valence-corrected chi connectivity index (χ3v) is 6.15. The van der Waals surface area contributed by atoms with Crippen molar-refractivity contribution in [3.8, 4) is 5.75 Å². The molecule has 9 heteroatoms. The van der Waals surface area contributed by atoms with E-state index in [1.165, 1.54) is 0 Å². The summed E-state index contributed by atoms with van der Waals surface area (Å²) in [6.45, 7) is 0.208. The van der Waals surface area contributed by atoms with Gasteiger partial charge in [0.05, 0.1) is 25.4 Å². The van der Waals surface area contributed by atoms with Crippen molar-refractivity contribution in [2.24, 2.45) is 0 Å². The maximum absolute atomic E-state index is 12.5. The highest BCUT2D eigenvalue weighted by molar-refractivity contribution is 7.92. The maximum Gasteiger partial charge on any atom is 0.229 e. The molecule has 0 saturated carbocycles. The molecule has 0 aliphatic carbocycles. The second kappa shape index (κ2) is 8.86. The summed E-state index contributed by atoms with van der Waals surface area (Å²) >= 11 is 0. The number of ether oxygens (including phenoxy) is 2. The van der Waals surface area contributed by atoms with E-state index >= 15 is 0 Å². The van der Waals surface area contributed by atoms with E-state index in [0.29, 0.717) is 24.4 Å². The van der Waals surface area contributed by atoms with E-state index in [2.05, 4.69) is 10.0 Å². The standard InChI is InChI=1S/C22H26N2O6S/c1-31(27,28)24-15-7-8-19-17(9-15)18-10-16(29-20(13-25)22(18)30-19)11-21(26)23-12-14-5-3-2-4-6-14/h2-9,16,18,20,22,24-25H,10-13H2,1H3,(H,23,26)/t16-,18-,20-,22+/m0/s1. The van der Waals surface area contributed by atoms with Crippen molar-refractivity contribution in [1.29, 1.82) is 0 Å². The fraction of sp³-hybridized carbons (Fsp3) is 0.409. The molecule has 2 aromatic carbocycles. The van der Waals surface area contributed by atoms with Gasteiger partial charge in [0.25, 0.3) is 0 Å². The number of hydrogen-bond donors (Lipinski definition) is 3. The van der Waals surface area contributed by atoms with E-state index in [1.807, 2.05) is 30.3 Å². The Balaban J connectivity index is 1.45. The minimum absolute atomic E-state index is 0.103. The lowest BCUT2D eigenvalue weighted by atomic mass is 9.84. The van der Waals surface area contributed by atoms with Gasteiger partial charge in [0.1, 0.15) is 18.0 Å². The van der Waals surface area contributed by atoms with E-state index in [1.54, 1.807) is 18.2 Å². The lowest BCUT2D eigenvalue weighted by molar-refractivity contribution is -0.142. The molecule has 2 aliphatic rings.